The lowest BCUT2D eigenvalue weighted by Crippen LogP contribution is -2.32. The first-order valence-electron chi connectivity index (χ1n) is 5.51. The SMILES string of the molecule is CCC(C)NC(=O)CCNc1ccncn1. The Balaban J connectivity index is 2.18. The van der Waals surface area contributed by atoms with Gasteiger partial charge in [0.2, 0.25) is 5.91 Å². The highest BCUT2D eigenvalue weighted by atomic mass is 16.1. The molecule has 88 valence electrons. The normalized spacial score (nSPS) is 11.9. The Labute approximate surface area is 95.7 Å². The number of hydrogen-bond donors (Lipinski definition) is 2. The van der Waals surface area contributed by atoms with E-state index >= 15 is 0 Å². The van der Waals surface area contributed by atoms with Crippen LogP contribution in [0.2, 0.25) is 0 Å². The van der Waals surface area contributed by atoms with Gasteiger partial charge in [-0.15, -0.1) is 0 Å². The maximum absolute atomic E-state index is 11.4. The summed E-state index contributed by atoms with van der Waals surface area (Å²) in [4.78, 5) is 19.2. The number of nitrogens with one attached hydrogen (secondary N) is 2. The van der Waals surface area contributed by atoms with Gasteiger partial charge >= 0.3 is 0 Å². The van der Waals surface area contributed by atoms with Gasteiger partial charge in [-0.2, -0.15) is 0 Å². The Kier molecular flexibility index (Phi) is 5.25. The molecule has 0 spiro atoms. The molecule has 5 heteroatoms. The highest BCUT2D eigenvalue weighted by molar-refractivity contribution is 5.76. The van der Waals surface area contributed by atoms with E-state index in [1.54, 1.807) is 12.3 Å². The van der Waals surface area contributed by atoms with E-state index in [0.29, 0.717) is 13.0 Å². The molecule has 1 rings (SSSR count). The first-order chi connectivity index (χ1) is 7.72. The van der Waals surface area contributed by atoms with E-state index < -0.39 is 0 Å². The van der Waals surface area contributed by atoms with Gasteiger partial charge in [-0.05, 0) is 19.4 Å². The van der Waals surface area contributed by atoms with Crippen LogP contribution >= 0.6 is 0 Å². The molecule has 1 aromatic heterocycles. The summed E-state index contributed by atoms with van der Waals surface area (Å²) >= 11 is 0. The molecule has 0 radical (unpaired) electrons. The third kappa shape index (κ3) is 4.72. The van der Waals surface area contributed by atoms with Crippen LogP contribution in [0.25, 0.3) is 0 Å². The monoisotopic (exact) mass is 222 g/mol. The lowest BCUT2D eigenvalue weighted by Gasteiger charge is -2.11. The van der Waals surface area contributed by atoms with E-state index in [1.807, 2.05) is 13.8 Å². The van der Waals surface area contributed by atoms with Gasteiger partial charge in [0.15, 0.2) is 0 Å². The van der Waals surface area contributed by atoms with Crippen molar-refractivity contribution >= 4 is 11.7 Å². The van der Waals surface area contributed by atoms with Gasteiger partial charge in [0.25, 0.3) is 0 Å². The van der Waals surface area contributed by atoms with Crippen LogP contribution in [0.5, 0.6) is 0 Å². The molecule has 1 heterocycles. The first kappa shape index (κ1) is 12.4. The molecule has 0 saturated heterocycles. The number of carbonyl (C=O) groups is 1. The fraction of sp³-hybridized carbons (Fsp3) is 0.545. The average Bonchev–Trinajstić information content (AvgIpc) is 2.30. The first-order valence-corrected chi connectivity index (χ1v) is 5.51. The second-order valence-electron chi connectivity index (χ2n) is 3.65. The molecule has 2 N–H and O–H groups in total. The van der Waals surface area contributed by atoms with Crippen molar-refractivity contribution in [1.82, 2.24) is 15.3 Å². The Hall–Kier alpha value is -1.65. The van der Waals surface area contributed by atoms with E-state index in [4.69, 9.17) is 0 Å². The maximum Gasteiger partial charge on any atom is 0.221 e. The van der Waals surface area contributed by atoms with Crippen LogP contribution in [0.1, 0.15) is 26.7 Å². The zero-order chi connectivity index (χ0) is 11.8. The van der Waals surface area contributed by atoms with Crippen LogP contribution in [0, 0.1) is 0 Å². The van der Waals surface area contributed by atoms with E-state index in [9.17, 15) is 4.79 Å². The highest BCUT2D eigenvalue weighted by Gasteiger charge is 2.04. The van der Waals surface area contributed by atoms with Crippen LogP contribution in [0.3, 0.4) is 0 Å². The summed E-state index contributed by atoms with van der Waals surface area (Å²) in [7, 11) is 0. The molecule has 1 atom stereocenters. The Morgan fingerprint density at radius 3 is 3.00 bits per heavy atom. The van der Waals surface area contributed by atoms with Crippen LogP contribution in [-0.4, -0.2) is 28.5 Å². The summed E-state index contributed by atoms with van der Waals surface area (Å²) < 4.78 is 0. The molecule has 0 saturated carbocycles. The molecule has 1 amide bonds. The summed E-state index contributed by atoms with van der Waals surface area (Å²) in [6.45, 7) is 4.62. The summed E-state index contributed by atoms with van der Waals surface area (Å²) in [5.41, 5.74) is 0. The predicted octanol–water partition coefficient (Wildman–Crippen LogP) is 1.19. The van der Waals surface area contributed by atoms with Gasteiger partial charge in [-0.25, -0.2) is 9.97 Å². The Bertz CT molecular complexity index is 315. The van der Waals surface area contributed by atoms with Crippen molar-refractivity contribution in [3.05, 3.63) is 18.6 Å². The van der Waals surface area contributed by atoms with Crippen molar-refractivity contribution in [2.45, 2.75) is 32.7 Å². The van der Waals surface area contributed by atoms with Crippen molar-refractivity contribution in [3.8, 4) is 0 Å². The molecule has 0 bridgehead atoms. The number of aromatic nitrogens is 2. The van der Waals surface area contributed by atoms with Gasteiger partial charge in [0, 0.05) is 25.2 Å². The molecule has 0 aliphatic heterocycles. The summed E-state index contributed by atoms with van der Waals surface area (Å²) in [5, 5.41) is 5.96. The molecule has 16 heavy (non-hydrogen) atoms. The molecular formula is C11H18N4O. The predicted molar refractivity (Wildman–Crippen MR) is 63.0 cm³/mol. The molecule has 0 aromatic carbocycles. The number of carbonyl (C=O) groups excluding carboxylic acids is 1. The van der Waals surface area contributed by atoms with Crippen molar-refractivity contribution in [2.75, 3.05) is 11.9 Å². The molecule has 5 nitrogen and oxygen atoms in total. The molecule has 0 aliphatic rings. The molecule has 1 aromatic rings. The summed E-state index contributed by atoms with van der Waals surface area (Å²) in [6.07, 6.45) is 4.54. The lowest BCUT2D eigenvalue weighted by molar-refractivity contribution is -0.121. The third-order valence-corrected chi connectivity index (χ3v) is 2.26. The molecule has 0 fully saturated rings. The highest BCUT2D eigenvalue weighted by Crippen LogP contribution is 1.97. The van der Waals surface area contributed by atoms with E-state index in [1.165, 1.54) is 6.33 Å². The Morgan fingerprint density at radius 1 is 1.56 bits per heavy atom. The number of rotatable bonds is 6. The zero-order valence-electron chi connectivity index (χ0n) is 9.73. The van der Waals surface area contributed by atoms with Crippen LogP contribution in [0.4, 0.5) is 5.82 Å². The minimum absolute atomic E-state index is 0.0657. The largest absolute Gasteiger partial charge is 0.369 e. The van der Waals surface area contributed by atoms with Gasteiger partial charge in [-0.3, -0.25) is 4.79 Å². The summed E-state index contributed by atoms with van der Waals surface area (Å²) in [6, 6.07) is 2.01. The fourth-order valence-electron chi connectivity index (χ4n) is 1.15. The second kappa shape index (κ2) is 6.76. The van der Waals surface area contributed by atoms with Crippen LogP contribution in [-0.2, 0) is 4.79 Å². The van der Waals surface area contributed by atoms with Crippen molar-refractivity contribution in [2.24, 2.45) is 0 Å². The van der Waals surface area contributed by atoms with Gasteiger partial charge in [-0.1, -0.05) is 6.92 Å². The molecule has 0 aliphatic carbocycles. The van der Waals surface area contributed by atoms with Crippen molar-refractivity contribution < 1.29 is 4.79 Å². The molecular weight excluding hydrogens is 204 g/mol. The number of amides is 1. The van der Waals surface area contributed by atoms with Crippen molar-refractivity contribution in [1.29, 1.82) is 0 Å². The van der Waals surface area contributed by atoms with Crippen LogP contribution < -0.4 is 10.6 Å². The topological polar surface area (TPSA) is 66.9 Å². The smallest absolute Gasteiger partial charge is 0.221 e. The van der Waals surface area contributed by atoms with Crippen molar-refractivity contribution in [3.63, 3.8) is 0 Å². The van der Waals surface area contributed by atoms with E-state index in [-0.39, 0.29) is 11.9 Å². The van der Waals surface area contributed by atoms with Gasteiger partial charge in [0.05, 0.1) is 0 Å². The quantitative estimate of drug-likeness (QED) is 0.758. The second-order valence-corrected chi connectivity index (χ2v) is 3.65. The third-order valence-electron chi connectivity index (χ3n) is 2.26. The number of anilines is 1. The molecule has 1 unspecified atom stereocenters. The summed E-state index contributed by atoms with van der Waals surface area (Å²) in [5.74, 6) is 0.808. The zero-order valence-corrected chi connectivity index (χ0v) is 9.73. The fourth-order valence-corrected chi connectivity index (χ4v) is 1.15. The Morgan fingerprint density at radius 2 is 2.38 bits per heavy atom. The van der Waals surface area contributed by atoms with Gasteiger partial charge < -0.3 is 10.6 Å². The average molecular weight is 222 g/mol. The minimum Gasteiger partial charge on any atom is -0.369 e. The van der Waals surface area contributed by atoms with E-state index in [0.717, 1.165) is 12.2 Å². The van der Waals surface area contributed by atoms with Crippen LogP contribution in [0.15, 0.2) is 18.6 Å². The minimum atomic E-state index is 0.0657. The lowest BCUT2D eigenvalue weighted by atomic mass is 10.2. The number of nitrogens with zero attached hydrogens (tertiary/aromatic N) is 2. The maximum atomic E-state index is 11.4. The van der Waals surface area contributed by atoms with E-state index in [2.05, 4.69) is 20.6 Å². The van der Waals surface area contributed by atoms with Gasteiger partial charge in [0.1, 0.15) is 12.1 Å². The standard InChI is InChI=1S/C11H18N4O/c1-3-9(2)15-11(16)5-7-13-10-4-6-12-8-14-10/h4,6,8-9H,3,5,7H2,1-2H3,(H,15,16)(H,12,13,14). The number of hydrogen-bond acceptors (Lipinski definition) is 4.